The van der Waals surface area contributed by atoms with E-state index in [9.17, 15) is 4.79 Å². The molecule has 0 unspecified atom stereocenters. The molecule has 1 saturated heterocycles. The molecule has 1 amide bonds. The summed E-state index contributed by atoms with van der Waals surface area (Å²) in [7, 11) is 2.14. The molecule has 0 aliphatic carbocycles. The maximum absolute atomic E-state index is 12.5. The van der Waals surface area contributed by atoms with E-state index in [0.29, 0.717) is 10.9 Å². The Balaban J connectivity index is 1.63. The van der Waals surface area contributed by atoms with Gasteiger partial charge in [0.1, 0.15) is 5.82 Å². The highest BCUT2D eigenvalue weighted by molar-refractivity contribution is 9.10. The van der Waals surface area contributed by atoms with Crippen LogP contribution >= 0.6 is 27.3 Å². The molecule has 0 saturated carbocycles. The molecule has 4 rings (SSSR count). The molecule has 8 heteroatoms. The summed E-state index contributed by atoms with van der Waals surface area (Å²) >= 11 is 4.99. The highest BCUT2D eigenvalue weighted by Gasteiger charge is 2.22. The van der Waals surface area contributed by atoms with E-state index in [-0.39, 0.29) is 5.91 Å². The van der Waals surface area contributed by atoms with Gasteiger partial charge in [0, 0.05) is 61.7 Å². The van der Waals surface area contributed by atoms with E-state index >= 15 is 0 Å². The van der Waals surface area contributed by atoms with Crippen LogP contribution < -0.4 is 9.80 Å². The van der Waals surface area contributed by atoms with Crippen LogP contribution in [0.3, 0.4) is 0 Å². The maximum Gasteiger partial charge on any atom is 0.231 e. The number of anilines is 3. The SMILES string of the molecule is CC(=O)N(c1cc(N2CCN(C)CC2)ccn1)c1ncc(-c2cccc(Br)c2)s1. The average molecular weight is 472 g/mol. The predicted octanol–water partition coefficient (Wildman–Crippen LogP) is 4.40. The van der Waals surface area contributed by atoms with Crippen molar-refractivity contribution in [1.29, 1.82) is 0 Å². The van der Waals surface area contributed by atoms with Gasteiger partial charge >= 0.3 is 0 Å². The Morgan fingerprint density at radius 2 is 1.93 bits per heavy atom. The number of likely N-dealkylation sites (N-methyl/N-ethyl adjacent to an activating group) is 1. The highest BCUT2D eigenvalue weighted by atomic mass is 79.9. The molecule has 0 spiro atoms. The van der Waals surface area contributed by atoms with Crippen LogP contribution in [-0.4, -0.2) is 54.0 Å². The number of halogens is 1. The number of carbonyl (C=O) groups excluding carboxylic acids is 1. The average Bonchev–Trinajstić information content (AvgIpc) is 3.18. The van der Waals surface area contributed by atoms with Gasteiger partial charge in [-0.3, -0.25) is 4.79 Å². The van der Waals surface area contributed by atoms with Gasteiger partial charge < -0.3 is 9.80 Å². The second-order valence-electron chi connectivity index (χ2n) is 7.03. The number of hydrogen-bond donors (Lipinski definition) is 0. The van der Waals surface area contributed by atoms with Gasteiger partial charge in [0.05, 0.1) is 4.88 Å². The van der Waals surface area contributed by atoms with Crippen LogP contribution in [0.4, 0.5) is 16.6 Å². The molecule has 0 N–H and O–H groups in total. The van der Waals surface area contributed by atoms with E-state index < -0.39 is 0 Å². The number of carbonyl (C=O) groups is 1. The van der Waals surface area contributed by atoms with Gasteiger partial charge in [-0.2, -0.15) is 0 Å². The minimum absolute atomic E-state index is 0.108. The first-order chi connectivity index (χ1) is 14.0. The molecule has 1 aliphatic rings. The van der Waals surface area contributed by atoms with Crippen LogP contribution in [0, 0.1) is 0 Å². The summed E-state index contributed by atoms with van der Waals surface area (Å²) in [6.07, 6.45) is 3.57. The zero-order chi connectivity index (χ0) is 20.4. The van der Waals surface area contributed by atoms with Crippen LogP contribution in [0.1, 0.15) is 6.92 Å². The number of piperazine rings is 1. The molecule has 0 atom stereocenters. The summed E-state index contributed by atoms with van der Waals surface area (Å²) in [6.45, 7) is 5.52. The molecule has 1 aromatic carbocycles. The smallest absolute Gasteiger partial charge is 0.231 e. The van der Waals surface area contributed by atoms with Gasteiger partial charge in [0.2, 0.25) is 5.91 Å². The van der Waals surface area contributed by atoms with Crippen LogP contribution in [0.5, 0.6) is 0 Å². The number of nitrogens with zero attached hydrogens (tertiary/aromatic N) is 5. The first kappa shape index (κ1) is 20.0. The Morgan fingerprint density at radius 3 is 2.66 bits per heavy atom. The number of rotatable bonds is 4. The normalized spacial score (nSPS) is 14.8. The van der Waals surface area contributed by atoms with Crippen molar-refractivity contribution in [3.8, 4) is 10.4 Å². The second-order valence-corrected chi connectivity index (χ2v) is 8.96. The van der Waals surface area contributed by atoms with Crippen molar-refractivity contribution >= 4 is 49.8 Å². The first-order valence-corrected chi connectivity index (χ1v) is 11.0. The lowest BCUT2D eigenvalue weighted by Crippen LogP contribution is -2.44. The third-order valence-corrected chi connectivity index (χ3v) is 6.46. The van der Waals surface area contributed by atoms with Crippen molar-refractivity contribution < 1.29 is 4.79 Å². The van der Waals surface area contributed by atoms with Gasteiger partial charge in [-0.05, 0) is 30.8 Å². The fourth-order valence-electron chi connectivity index (χ4n) is 3.33. The number of benzene rings is 1. The van der Waals surface area contributed by atoms with E-state index in [1.54, 1.807) is 18.0 Å². The van der Waals surface area contributed by atoms with Gasteiger partial charge in [-0.1, -0.05) is 39.4 Å². The first-order valence-electron chi connectivity index (χ1n) is 9.43. The molecule has 1 fully saturated rings. The molecule has 3 heterocycles. The molecule has 0 radical (unpaired) electrons. The summed E-state index contributed by atoms with van der Waals surface area (Å²) in [5, 5.41) is 0.621. The Kier molecular flexibility index (Phi) is 5.94. The number of pyridine rings is 1. The Bertz CT molecular complexity index is 1020. The van der Waals surface area contributed by atoms with E-state index in [4.69, 9.17) is 0 Å². The third-order valence-electron chi connectivity index (χ3n) is 4.94. The van der Waals surface area contributed by atoms with Gasteiger partial charge in [-0.25, -0.2) is 14.9 Å². The summed E-state index contributed by atoms with van der Waals surface area (Å²) in [5.74, 6) is 0.493. The lowest BCUT2D eigenvalue weighted by atomic mass is 10.2. The van der Waals surface area contributed by atoms with Crippen LogP contribution in [-0.2, 0) is 4.79 Å². The standard InChI is InChI=1S/C21H22BrN5OS/c1-15(28)27(21-24-14-19(29-21)16-4-3-5-17(22)12-16)20-13-18(6-7-23-20)26-10-8-25(2)9-11-26/h3-7,12-14H,8-11H2,1-2H3. The third kappa shape index (κ3) is 4.49. The fourth-order valence-corrected chi connectivity index (χ4v) is 4.69. The minimum Gasteiger partial charge on any atom is -0.369 e. The molecule has 3 aromatic rings. The lowest BCUT2D eigenvalue weighted by Gasteiger charge is -2.34. The van der Waals surface area contributed by atoms with Crippen molar-refractivity contribution in [2.45, 2.75) is 6.92 Å². The Hall–Kier alpha value is -2.29. The predicted molar refractivity (Wildman–Crippen MR) is 122 cm³/mol. The Morgan fingerprint density at radius 1 is 1.14 bits per heavy atom. The number of hydrogen-bond acceptors (Lipinski definition) is 6. The van der Waals surface area contributed by atoms with E-state index in [1.807, 2.05) is 42.6 Å². The summed E-state index contributed by atoms with van der Waals surface area (Å²) in [5.41, 5.74) is 2.14. The van der Waals surface area contributed by atoms with E-state index in [1.165, 1.54) is 11.3 Å². The topological polar surface area (TPSA) is 52.6 Å². The van der Waals surface area contributed by atoms with Crippen molar-refractivity contribution in [2.75, 3.05) is 43.0 Å². The highest BCUT2D eigenvalue weighted by Crippen LogP contribution is 2.35. The van der Waals surface area contributed by atoms with Crippen molar-refractivity contribution in [3.63, 3.8) is 0 Å². The Labute approximate surface area is 182 Å². The molecule has 29 heavy (non-hydrogen) atoms. The molecule has 150 valence electrons. The largest absolute Gasteiger partial charge is 0.369 e. The molecule has 2 aromatic heterocycles. The van der Waals surface area contributed by atoms with Gasteiger partial charge in [0.25, 0.3) is 0 Å². The molecular formula is C21H22BrN5OS. The maximum atomic E-state index is 12.5. The molecular weight excluding hydrogens is 450 g/mol. The minimum atomic E-state index is -0.108. The lowest BCUT2D eigenvalue weighted by molar-refractivity contribution is -0.115. The zero-order valence-corrected chi connectivity index (χ0v) is 18.8. The van der Waals surface area contributed by atoms with Gasteiger partial charge in [-0.15, -0.1) is 0 Å². The fraction of sp³-hybridized carbons (Fsp3) is 0.286. The monoisotopic (exact) mass is 471 g/mol. The molecule has 1 aliphatic heterocycles. The number of thiazole rings is 1. The number of amides is 1. The summed E-state index contributed by atoms with van der Waals surface area (Å²) in [4.78, 5) is 28.7. The van der Waals surface area contributed by atoms with Crippen molar-refractivity contribution in [3.05, 3.63) is 53.3 Å². The van der Waals surface area contributed by atoms with Crippen LogP contribution in [0.2, 0.25) is 0 Å². The van der Waals surface area contributed by atoms with Crippen molar-refractivity contribution in [2.24, 2.45) is 0 Å². The van der Waals surface area contributed by atoms with Gasteiger partial charge in [0.15, 0.2) is 5.13 Å². The van der Waals surface area contributed by atoms with E-state index in [2.05, 4.69) is 42.7 Å². The van der Waals surface area contributed by atoms with E-state index in [0.717, 1.165) is 46.8 Å². The summed E-state index contributed by atoms with van der Waals surface area (Å²) in [6, 6.07) is 12.0. The van der Waals surface area contributed by atoms with Crippen molar-refractivity contribution in [1.82, 2.24) is 14.9 Å². The summed E-state index contributed by atoms with van der Waals surface area (Å²) < 4.78 is 1.01. The second kappa shape index (κ2) is 8.61. The van der Waals surface area contributed by atoms with Crippen LogP contribution in [0.15, 0.2) is 53.3 Å². The molecule has 6 nitrogen and oxygen atoms in total. The molecule has 0 bridgehead atoms. The zero-order valence-electron chi connectivity index (χ0n) is 16.4. The van der Waals surface area contributed by atoms with Crippen LogP contribution in [0.25, 0.3) is 10.4 Å². The number of aromatic nitrogens is 2. The quantitative estimate of drug-likeness (QED) is 0.564.